The first-order valence-corrected chi connectivity index (χ1v) is 15.4. The number of halogens is 4. The van der Waals surface area contributed by atoms with Crippen LogP contribution in [0.5, 0.6) is 6.01 Å². The van der Waals surface area contributed by atoms with Gasteiger partial charge in [-0.15, -0.1) is 0 Å². The number of hydrogen-bond donors (Lipinski definition) is 2. The van der Waals surface area contributed by atoms with E-state index in [0.29, 0.717) is 65.8 Å². The van der Waals surface area contributed by atoms with Crippen molar-refractivity contribution in [3.05, 3.63) is 35.7 Å². The number of hydrogen-bond acceptors (Lipinski definition) is 8. The molecule has 4 aromatic rings. The predicted molar refractivity (Wildman–Crippen MR) is 155 cm³/mol. The van der Waals surface area contributed by atoms with Gasteiger partial charge in [0.05, 0.1) is 28.1 Å². The number of H-pyrrole nitrogens is 1. The molecule has 9 nitrogen and oxygen atoms in total. The highest BCUT2D eigenvalue weighted by molar-refractivity contribution is 5.99. The van der Waals surface area contributed by atoms with Crippen LogP contribution in [0, 0.1) is 24.0 Å². The molecule has 5 fully saturated rings. The van der Waals surface area contributed by atoms with Gasteiger partial charge in [-0.3, -0.25) is 15.0 Å². The highest BCUT2D eigenvalue weighted by Crippen LogP contribution is 2.69. The highest BCUT2D eigenvalue weighted by atomic mass is 19.3. The van der Waals surface area contributed by atoms with E-state index in [4.69, 9.17) is 9.72 Å². The average molecular weight is 609 g/mol. The molecule has 3 aromatic heterocycles. The van der Waals surface area contributed by atoms with Crippen molar-refractivity contribution in [3.63, 3.8) is 0 Å². The second-order valence-corrected chi connectivity index (χ2v) is 13.6. The average Bonchev–Trinajstić information content (AvgIpc) is 3.55. The van der Waals surface area contributed by atoms with Crippen LogP contribution in [0.15, 0.2) is 18.5 Å². The number of nitrogens with zero attached hydrogens (tertiary/aromatic N) is 6. The summed E-state index contributed by atoms with van der Waals surface area (Å²) in [6, 6.07) is 1.93. The highest BCUT2D eigenvalue weighted by Gasteiger charge is 2.77. The molecule has 9 rings (SSSR count). The van der Waals surface area contributed by atoms with Gasteiger partial charge in [-0.05, 0) is 57.2 Å². The van der Waals surface area contributed by atoms with Crippen molar-refractivity contribution in [3.8, 4) is 17.3 Å². The normalized spacial score (nSPS) is 30.6. The lowest BCUT2D eigenvalue weighted by molar-refractivity contribution is 0.0647. The van der Waals surface area contributed by atoms with E-state index in [9.17, 15) is 13.2 Å². The summed E-state index contributed by atoms with van der Waals surface area (Å²) in [5, 5.41) is 11.4. The number of aromatic nitrogens is 5. The summed E-state index contributed by atoms with van der Waals surface area (Å²) in [6.45, 7) is 4.26. The molecular formula is C31H32F4N8O. The van der Waals surface area contributed by atoms with Gasteiger partial charge in [0.2, 0.25) is 0 Å². The van der Waals surface area contributed by atoms with E-state index in [-0.39, 0.29) is 35.8 Å². The van der Waals surface area contributed by atoms with Gasteiger partial charge in [-0.25, -0.2) is 17.6 Å². The number of pyridine rings is 1. The van der Waals surface area contributed by atoms with E-state index in [1.807, 2.05) is 0 Å². The standard InChI is InChI=1S/C31H32F4N8O/c1-16-21(32)7-22-19(9-37-41-22)23(16)26-24(33)25-20(8-36-26)27(42-10-17-3-4-18(11-42)38-17)40-28(39-25)44-15-30-5-2-6-43(30)14-29(12-30)13-31(29,34)35/h7-9,17-18,38H,2-6,10-15H2,1H3,(H,37,41)/t17-,18+,29-,30-/m0/s1. The van der Waals surface area contributed by atoms with Crippen LogP contribution in [-0.2, 0) is 0 Å². The van der Waals surface area contributed by atoms with Gasteiger partial charge in [-0.2, -0.15) is 15.1 Å². The Bertz CT molecular complexity index is 1840. The fourth-order valence-electron chi connectivity index (χ4n) is 8.59. The Morgan fingerprint density at radius 3 is 2.64 bits per heavy atom. The zero-order valence-corrected chi connectivity index (χ0v) is 24.3. The van der Waals surface area contributed by atoms with Crippen LogP contribution in [0.1, 0.15) is 44.1 Å². The van der Waals surface area contributed by atoms with Crippen LogP contribution in [0.3, 0.4) is 0 Å². The van der Waals surface area contributed by atoms with E-state index < -0.39 is 28.5 Å². The first-order chi connectivity index (χ1) is 21.2. The maximum absolute atomic E-state index is 16.7. The smallest absolute Gasteiger partial charge is 0.319 e. The van der Waals surface area contributed by atoms with Gasteiger partial charge in [0.25, 0.3) is 5.92 Å². The maximum Gasteiger partial charge on any atom is 0.319 e. The van der Waals surface area contributed by atoms with Gasteiger partial charge in [-0.1, -0.05) is 0 Å². The lowest BCUT2D eigenvalue weighted by Gasteiger charge is -2.34. The number of benzene rings is 1. The second kappa shape index (κ2) is 9.00. The molecule has 44 heavy (non-hydrogen) atoms. The molecule has 2 N–H and O–H groups in total. The molecule has 4 aliphatic heterocycles. The number of aromatic amines is 1. The summed E-state index contributed by atoms with van der Waals surface area (Å²) in [7, 11) is 0. The molecule has 5 aliphatic rings. The van der Waals surface area contributed by atoms with E-state index >= 15 is 4.39 Å². The molecule has 2 bridgehead atoms. The van der Waals surface area contributed by atoms with Gasteiger partial charge in [0.1, 0.15) is 29.5 Å². The molecule has 230 valence electrons. The van der Waals surface area contributed by atoms with Crippen molar-refractivity contribution in [2.24, 2.45) is 5.41 Å². The van der Waals surface area contributed by atoms with Crippen LogP contribution in [0.25, 0.3) is 33.1 Å². The van der Waals surface area contributed by atoms with Gasteiger partial charge >= 0.3 is 6.01 Å². The van der Waals surface area contributed by atoms with Crippen molar-refractivity contribution in [1.29, 1.82) is 0 Å². The van der Waals surface area contributed by atoms with Crippen molar-refractivity contribution >= 4 is 27.6 Å². The summed E-state index contributed by atoms with van der Waals surface area (Å²) < 4.78 is 66.7. The molecule has 4 saturated heterocycles. The summed E-state index contributed by atoms with van der Waals surface area (Å²) in [5.41, 5.74) is -0.506. The third-order valence-electron chi connectivity index (χ3n) is 10.9. The van der Waals surface area contributed by atoms with Gasteiger partial charge in [0, 0.05) is 55.3 Å². The van der Waals surface area contributed by atoms with Gasteiger partial charge in [0.15, 0.2) is 5.82 Å². The molecule has 7 heterocycles. The zero-order valence-electron chi connectivity index (χ0n) is 24.3. The van der Waals surface area contributed by atoms with Gasteiger partial charge < -0.3 is 15.0 Å². The SMILES string of the molecule is Cc1c(F)cc2[nH]ncc2c1-c1ncc2c(N3C[C@H]4CC[C@@H](C3)N4)nc(OC[C@@]34CCCN3C[C@@]3(CC3(F)F)C4)nc2c1F. The lowest BCUT2D eigenvalue weighted by atomic mass is 9.89. The quantitative estimate of drug-likeness (QED) is 0.314. The molecule has 1 spiro atoms. The Kier molecular flexibility index (Phi) is 5.48. The Morgan fingerprint density at radius 2 is 1.86 bits per heavy atom. The minimum Gasteiger partial charge on any atom is -0.461 e. The van der Waals surface area contributed by atoms with Crippen LogP contribution < -0.4 is 15.0 Å². The molecule has 4 atom stereocenters. The molecule has 0 radical (unpaired) electrons. The molecule has 1 saturated carbocycles. The molecule has 1 aromatic carbocycles. The third kappa shape index (κ3) is 3.77. The first kappa shape index (κ1) is 26.8. The predicted octanol–water partition coefficient (Wildman–Crippen LogP) is 4.74. The third-order valence-corrected chi connectivity index (χ3v) is 10.9. The second-order valence-electron chi connectivity index (χ2n) is 13.6. The zero-order chi connectivity index (χ0) is 30.0. The molecule has 0 amide bonds. The number of anilines is 1. The van der Waals surface area contributed by atoms with Crippen LogP contribution in [0.2, 0.25) is 0 Å². The number of fused-ring (bicyclic) bond motifs is 5. The minimum atomic E-state index is -2.64. The van der Waals surface area contributed by atoms with Crippen molar-refractivity contribution in [2.45, 2.75) is 69.0 Å². The minimum absolute atomic E-state index is 0.00332. The molecule has 1 aliphatic carbocycles. The van der Waals surface area contributed by atoms with Crippen LogP contribution >= 0.6 is 0 Å². The van der Waals surface area contributed by atoms with E-state index in [2.05, 4.69) is 35.3 Å². The first-order valence-electron chi connectivity index (χ1n) is 15.4. The lowest BCUT2D eigenvalue weighted by Crippen LogP contribution is -2.51. The summed E-state index contributed by atoms with van der Waals surface area (Å²) in [6.07, 6.45) is 7.15. The van der Waals surface area contributed by atoms with E-state index in [0.717, 1.165) is 32.2 Å². The number of ether oxygens (including phenoxy) is 1. The molecule has 0 unspecified atom stereocenters. The maximum atomic E-state index is 16.7. The van der Waals surface area contributed by atoms with Crippen LogP contribution in [0.4, 0.5) is 23.4 Å². The van der Waals surface area contributed by atoms with E-state index in [1.54, 1.807) is 13.1 Å². The van der Waals surface area contributed by atoms with Crippen molar-refractivity contribution in [1.82, 2.24) is 35.4 Å². The van der Waals surface area contributed by atoms with Crippen LogP contribution in [-0.4, -0.2) is 86.4 Å². The molecule has 13 heteroatoms. The molecular weight excluding hydrogens is 576 g/mol. The fraction of sp³-hybridized carbons (Fsp3) is 0.548. The topological polar surface area (TPSA) is 95.1 Å². The summed E-state index contributed by atoms with van der Waals surface area (Å²) in [4.78, 5) is 18.2. The Labute approximate surface area is 250 Å². The Morgan fingerprint density at radius 1 is 1.07 bits per heavy atom. The largest absolute Gasteiger partial charge is 0.461 e. The van der Waals surface area contributed by atoms with Crippen molar-refractivity contribution < 1.29 is 22.3 Å². The number of piperazine rings is 1. The monoisotopic (exact) mass is 608 g/mol. The number of alkyl halides is 2. The summed E-state index contributed by atoms with van der Waals surface area (Å²) >= 11 is 0. The van der Waals surface area contributed by atoms with E-state index in [1.165, 1.54) is 12.3 Å². The summed E-state index contributed by atoms with van der Waals surface area (Å²) in [5.74, 6) is -3.31. The fourth-order valence-corrected chi connectivity index (χ4v) is 8.59. The Balaban J connectivity index is 1.15. The number of nitrogens with one attached hydrogen (secondary N) is 2. The Hall–Kier alpha value is -3.58. The van der Waals surface area contributed by atoms with Crippen molar-refractivity contribution in [2.75, 3.05) is 37.7 Å². The number of rotatable bonds is 5.